The Morgan fingerprint density at radius 1 is 1.50 bits per heavy atom. The first-order chi connectivity index (χ1) is 7.57. The Labute approximate surface area is 95.9 Å². The van der Waals surface area contributed by atoms with Gasteiger partial charge >= 0.3 is 0 Å². The van der Waals surface area contributed by atoms with Crippen molar-refractivity contribution in [2.24, 2.45) is 5.73 Å². The summed E-state index contributed by atoms with van der Waals surface area (Å²) in [5, 5.41) is 3.77. The number of ether oxygens (including phenoxy) is 2. The number of nitrogens with zero attached hydrogens (tertiary/aromatic N) is 1. The molecule has 0 unspecified atom stereocenters. The first-order valence-electron chi connectivity index (χ1n) is 5.35. The van der Waals surface area contributed by atoms with Gasteiger partial charge in [0.1, 0.15) is 6.61 Å². The lowest BCUT2D eigenvalue weighted by molar-refractivity contribution is -0.0148. The normalized spacial score (nSPS) is 12.0. The molecule has 5 heteroatoms. The van der Waals surface area contributed by atoms with E-state index in [4.69, 9.17) is 19.7 Å². The van der Waals surface area contributed by atoms with E-state index < -0.39 is 0 Å². The zero-order valence-corrected chi connectivity index (χ0v) is 10.2. The minimum Gasteiger partial charge on any atom is -0.379 e. The average Bonchev–Trinajstić information content (AvgIpc) is 2.72. The van der Waals surface area contributed by atoms with Crippen LogP contribution in [0.5, 0.6) is 0 Å². The van der Waals surface area contributed by atoms with E-state index >= 15 is 0 Å². The van der Waals surface area contributed by atoms with Crippen molar-refractivity contribution < 1.29 is 14.0 Å². The quantitative estimate of drug-likeness (QED) is 0.715. The molecular formula is C11H20N2O3. The number of hydrogen-bond donors (Lipinski definition) is 1. The minimum atomic E-state index is -0.149. The van der Waals surface area contributed by atoms with Crippen LogP contribution in [0, 0.1) is 0 Å². The van der Waals surface area contributed by atoms with E-state index in [-0.39, 0.29) is 5.60 Å². The maximum atomic E-state index is 5.46. The second-order valence-corrected chi connectivity index (χ2v) is 4.26. The number of methoxy groups -OCH3 is 1. The van der Waals surface area contributed by atoms with Crippen LogP contribution in [0.4, 0.5) is 0 Å². The van der Waals surface area contributed by atoms with Crippen LogP contribution in [0.1, 0.15) is 31.7 Å². The predicted octanol–water partition coefficient (Wildman–Crippen LogP) is 1.47. The molecule has 1 aromatic heterocycles. The van der Waals surface area contributed by atoms with Gasteiger partial charge in [-0.15, -0.1) is 0 Å². The summed E-state index contributed by atoms with van der Waals surface area (Å²) in [7, 11) is 1.70. The van der Waals surface area contributed by atoms with Crippen LogP contribution in [-0.2, 0) is 22.6 Å². The van der Waals surface area contributed by atoms with E-state index in [0.717, 1.165) is 12.1 Å². The van der Waals surface area contributed by atoms with Crippen molar-refractivity contribution in [3.8, 4) is 0 Å². The van der Waals surface area contributed by atoms with Gasteiger partial charge in [0.25, 0.3) is 0 Å². The van der Waals surface area contributed by atoms with Crippen LogP contribution in [0.25, 0.3) is 0 Å². The Bertz CT molecular complexity index is 310. The van der Waals surface area contributed by atoms with Crippen molar-refractivity contribution in [2.45, 2.75) is 39.0 Å². The monoisotopic (exact) mass is 228 g/mol. The van der Waals surface area contributed by atoms with Gasteiger partial charge in [0.05, 0.1) is 11.3 Å². The molecule has 2 N–H and O–H groups in total. The molecule has 0 saturated carbocycles. The van der Waals surface area contributed by atoms with E-state index in [1.165, 1.54) is 0 Å². The molecule has 16 heavy (non-hydrogen) atoms. The van der Waals surface area contributed by atoms with Crippen molar-refractivity contribution in [3.63, 3.8) is 0 Å². The van der Waals surface area contributed by atoms with E-state index in [2.05, 4.69) is 5.16 Å². The first kappa shape index (κ1) is 13.2. The molecule has 1 heterocycles. The molecule has 1 rings (SSSR count). The maximum Gasteiger partial charge on any atom is 0.162 e. The third-order valence-electron chi connectivity index (χ3n) is 2.46. The Balaban J connectivity index is 2.20. The summed E-state index contributed by atoms with van der Waals surface area (Å²) in [6.45, 7) is 5.49. The van der Waals surface area contributed by atoms with Gasteiger partial charge in [-0.2, -0.15) is 0 Å². The lowest BCUT2D eigenvalue weighted by Gasteiger charge is -2.22. The Hall–Kier alpha value is -0.910. The van der Waals surface area contributed by atoms with Gasteiger partial charge < -0.3 is 19.7 Å². The van der Waals surface area contributed by atoms with Gasteiger partial charge in [-0.05, 0) is 20.3 Å². The second kappa shape index (κ2) is 5.98. The standard InChI is InChI=1S/C11H20N2O3/c1-11(2,14-3)4-5-15-8-10-6-9(7-12)13-16-10/h6H,4-5,7-8,12H2,1-3H3. The first-order valence-corrected chi connectivity index (χ1v) is 5.35. The van der Waals surface area contributed by atoms with Crippen molar-refractivity contribution in [3.05, 3.63) is 17.5 Å². The highest BCUT2D eigenvalue weighted by Crippen LogP contribution is 2.13. The predicted molar refractivity (Wildman–Crippen MR) is 59.8 cm³/mol. The van der Waals surface area contributed by atoms with Crippen molar-refractivity contribution in [1.29, 1.82) is 0 Å². The minimum absolute atomic E-state index is 0.149. The molecule has 0 radical (unpaired) electrons. The van der Waals surface area contributed by atoms with Crippen LogP contribution in [0.3, 0.4) is 0 Å². The van der Waals surface area contributed by atoms with Crippen molar-refractivity contribution >= 4 is 0 Å². The average molecular weight is 228 g/mol. The summed E-state index contributed by atoms with van der Waals surface area (Å²) in [6.07, 6.45) is 0.835. The highest BCUT2D eigenvalue weighted by molar-refractivity contribution is 5.03. The van der Waals surface area contributed by atoms with Gasteiger partial charge in [0.2, 0.25) is 0 Å². The van der Waals surface area contributed by atoms with Gasteiger partial charge in [0, 0.05) is 26.3 Å². The maximum absolute atomic E-state index is 5.46. The number of aromatic nitrogens is 1. The molecule has 0 aliphatic carbocycles. The van der Waals surface area contributed by atoms with Gasteiger partial charge in [-0.3, -0.25) is 0 Å². The molecule has 92 valence electrons. The molecule has 0 atom stereocenters. The summed E-state index contributed by atoms with van der Waals surface area (Å²) in [4.78, 5) is 0. The zero-order chi connectivity index (χ0) is 12.0. The van der Waals surface area contributed by atoms with Crippen LogP contribution >= 0.6 is 0 Å². The fraction of sp³-hybridized carbons (Fsp3) is 0.727. The lowest BCUT2D eigenvalue weighted by Crippen LogP contribution is -2.24. The number of rotatable bonds is 7. The van der Waals surface area contributed by atoms with E-state index in [1.807, 2.05) is 19.9 Å². The molecule has 1 aromatic rings. The molecule has 0 aliphatic rings. The summed E-state index contributed by atoms with van der Waals surface area (Å²) in [6, 6.07) is 1.81. The Kier molecular flexibility index (Phi) is 4.92. The summed E-state index contributed by atoms with van der Waals surface area (Å²) < 4.78 is 15.8. The molecular weight excluding hydrogens is 208 g/mol. The van der Waals surface area contributed by atoms with Crippen LogP contribution in [0.2, 0.25) is 0 Å². The largest absolute Gasteiger partial charge is 0.379 e. The summed E-state index contributed by atoms with van der Waals surface area (Å²) in [5.41, 5.74) is 6.01. The van der Waals surface area contributed by atoms with Crippen LogP contribution in [-0.4, -0.2) is 24.5 Å². The summed E-state index contributed by atoms with van der Waals surface area (Å²) >= 11 is 0. The van der Waals surface area contributed by atoms with E-state index in [0.29, 0.717) is 25.5 Å². The van der Waals surface area contributed by atoms with Crippen LogP contribution < -0.4 is 5.73 Å². The molecule has 0 aliphatic heterocycles. The molecule has 0 aromatic carbocycles. The summed E-state index contributed by atoms with van der Waals surface area (Å²) in [5.74, 6) is 0.704. The van der Waals surface area contributed by atoms with Gasteiger partial charge in [-0.25, -0.2) is 0 Å². The molecule has 0 saturated heterocycles. The Morgan fingerprint density at radius 3 is 2.81 bits per heavy atom. The van der Waals surface area contributed by atoms with Crippen molar-refractivity contribution in [2.75, 3.05) is 13.7 Å². The van der Waals surface area contributed by atoms with E-state index in [1.54, 1.807) is 7.11 Å². The highest BCUT2D eigenvalue weighted by atomic mass is 16.5. The zero-order valence-electron chi connectivity index (χ0n) is 10.2. The SMILES string of the molecule is COC(C)(C)CCOCc1cc(CN)no1. The number of hydrogen-bond acceptors (Lipinski definition) is 5. The smallest absolute Gasteiger partial charge is 0.162 e. The molecule has 5 nitrogen and oxygen atoms in total. The van der Waals surface area contributed by atoms with Crippen LogP contribution in [0.15, 0.2) is 10.6 Å². The van der Waals surface area contributed by atoms with E-state index in [9.17, 15) is 0 Å². The molecule has 0 amide bonds. The highest BCUT2D eigenvalue weighted by Gasteiger charge is 2.15. The molecule has 0 bridgehead atoms. The Morgan fingerprint density at radius 2 is 2.25 bits per heavy atom. The fourth-order valence-corrected chi connectivity index (χ4v) is 1.11. The lowest BCUT2D eigenvalue weighted by atomic mass is 10.1. The second-order valence-electron chi connectivity index (χ2n) is 4.26. The topological polar surface area (TPSA) is 70.5 Å². The third kappa shape index (κ3) is 4.30. The van der Waals surface area contributed by atoms with Crippen molar-refractivity contribution in [1.82, 2.24) is 5.16 Å². The van der Waals surface area contributed by atoms with Gasteiger partial charge in [-0.1, -0.05) is 5.16 Å². The number of nitrogens with two attached hydrogens (primary N) is 1. The molecule has 0 spiro atoms. The third-order valence-corrected chi connectivity index (χ3v) is 2.46. The fourth-order valence-electron chi connectivity index (χ4n) is 1.11. The van der Waals surface area contributed by atoms with Gasteiger partial charge in [0.15, 0.2) is 5.76 Å². The molecule has 0 fully saturated rings.